The fourth-order valence-electron chi connectivity index (χ4n) is 3.63. The largest absolute Gasteiger partial charge is 0.493 e. The monoisotopic (exact) mass is 470 g/mol. The van der Waals surface area contributed by atoms with Crippen LogP contribution >= 0.6 is 22.7 Å². The Morgan fingerprint density at radius 3 is 2.66 bits per heavy atom. The number of thiophene rings is 1. The van der Waals surface area contributed by atoms with E-state index in [1.807, 2.05) is 29.7 Å². The Hall–Kier alpha value is -3.17. The summed E-state index contributed by atoms with van der Waals surface area (Å²) >= 11 is 2.85. The summed E-state index contributed by atoms with van der Waals surface area (Å²) in [5.41, 5.74) is 1.33. The highest BCUT2D eigenvalue weighted by molar-refractivity contribution is 7.11. The number of nitrogens with zero attached hydrogens (tertiary/aromatic N) is 2. The number of thiazole rings is 1. The van der Waals surface area contributed by atoms with Crippen molar-refractivity contribution in [3.63, 3.8) is 0 Å². The number of aromatic nitrogens is 1. The minimum atomic E-state index is -0.699. The lowest BCUT2D eigenvalue weighted by molar-refractivity contribution is -0.139. The molecule has 1 aliphatic heterocycles. The van der Waals surface area contributed by atoms with E-state index in [4.69, 9.17) is 14.2 Å². The molecule has 1 unspecified atom stereocenters. The van der Waals surface area contributed by atoms with Crippen LogP contribution < -0.4 is 24.4 Å². The topological polar surface area (TPSA) is 79.1 Å². The molecule has 1 atom stereocenters. The van der Waals surface area contributed by atoms with Crippen LogP contribution in [0.25, 0.3) is 6.08 Å². The third kappa shape index (κ3) is 3.89. The van der Waals surface area contributed by atoms with Crippen LogP contribution in [0.2, 0.25) is 0 Å². The normalized spacial score (nSPS) is 15.9. The standard InChI is InChI=1S/C23H22N2O5S2/c1-5-30-22(27)19-13(2)24-23-25(21(26)18(32-23)12-15-7-6-10-31-15)20(19)14-8-9-16(28-3)17(11-14)29-4/h6-12,20H,5H2,1-4H3/b18-12+. The molecule has 0 N–H and O–H groups in total. The van der Waals surface area contributed by atoms with Crippen LogP contribution in [0, 0.1) is 0 Å². The molecule has 4 rings (SSSR count). The molecule has 2 aromatic heterocycles. The maximum atomic E-state index is 13.5. The van der Waals surface area contributed by atoms with E-state index in [1.165, 1.54) is 11.3 Å². The summed E-state index contributed by atoms with van der Waals surface area (Å²) in [4.78, 5) is 32.5. The fraction of sp³-hybridized carbons (Fsp3) is 0.261. The minimum absolute atomic E-state index is 0.212. The summed E-state index contributed by atoms with van der Waals surface area (Å²) in [6.07, 6.45) is 1.85. The Morgan fingerprint density at radius 2 is 2.00 bits per heavy atom. The number of methoxy groups -OCH3 is 2. The van der Waals surface area contributed by atoms with Gasteiger partial charge in [-0.1, -0.05) is 23.5 Å². The molecule has 9 heteroatoms. The minimum Gasteiger partial charge on any atom is -0.493 e. The second kappa shape index (κ2) is 9.13. The van der Waals surface area contributed by atoms with Gasteiger partial charge < -0.3 is 14.2 Å². The summed E-state index contributed by atoms with van der Waals surface area (Å²) in [6, 6.07) is 8.54. The first-order chi connectivity index (χ1) is 15.5. The van der Waals surface area contributed by atoms with Crippen LogP contribution in [0.15, 0.2) is 56.8 Å². The molecule has 32 heavy (non-hydrogen) atoms. The Bertz CT molecular complexity index is 1370. The van der Waals surface area contributed by atoms with Crippen LogP contribution in [-0.2, 0) is 9.53 Å². The van der Waals surface area contributed by atoms with E-state index < -0.39 is 12.0 Å². The highest BCUT2D eigenvalue weighted by Gasteiger charge is 2.33. The summed E-state index contributed by atoms with van der Waals surface area (Å²) in [7, 11) is 3.10. The highest BCUT2D eigenvalue weighted by atomic mass is 32.1. The number of esters is 1. The van der Waals surface area contributed by atoms with Crippen LogP contribution in [0.5, 0.6) is 11.5 Å². The Kier molecular flexibility index (Phi) is 6.29. The Labute approximate surface area is 192 Å². The Morgan fingerprint density at radius 1 is 1.22 bits per heavy atom. The number of rotatable bonds is 6. The van der Waals surface area contributed by atoms with Crippen LogP contribution in [0.4, 0.5) is 0 Å². The number of hydrogen-bond acceptors (Lipinski definition) is 8. The zero-order valence-electron chi connectivity index (χ0n) is 18.1. The van der Waals surface area contributed by atoms with E-state index in [0.717, 1.165) is 4.88 Å². The zero-order valence-corrected chi connectivity index (χ0v) is 19.7. The molecule has 0 fully saturated rings. The van der Waals surface area contributed by atoms with E-state index in [0.29, 0.717) is 37.7 Å². The lowest BCUT2D eigenvalue weighted by atomic mass is 9.95. The molecule has 0 saturated carbocycles. The first-order valence-corrected chi connectivity index (χ1v) is 11.6. The van der Waals surface area contributed by atoms with E-state index in [9.17, 15) is 9.59 Å². The van der Waals surface area contributed by atoms with Crippen LogP contribution in [-0.4, -0.2) is 31.4 Å². The van der Waals surface area contributed by atoms with E-state index in [2.05, 4.69) is 4.99 Å². The fourth-order valence-corrected chi connectivity index (χ4v) is 5.40. The lowest BCUT2D eigenvalue weighted by Gasteiger charge is -2.25. The molecular weight excluding hydrogens is 448 g/mol. The number of carbonyl (C=O) groups excluding carboxylic acids is 1. The number of carbonyl (C=O) groups is 1. The molecule has 1 aromatic carbocycles. The summed E-state index contributed by atoms with van der Waals surface area (Å²) in [6.45, 7) is 3.73. The van der Waals surface area contributed by atoms with Crippen molar-refractivity contribution in [3.8, 4) is 11.5 Å². The van der Waals surface area contributed by atoms with Gasteiger partial charge in [0.2, 0.25) is 0 Å². The van der Waals surface area contributed by atoms with Gasteiger partial charge in [0.25, 0.3) is 5.56 Å². The lowest BCUT2D eigenvalue weighted by Crippen LogP contribution is -2.39. The van der Waals surface area contributed by atoms with E-state index in [-0.39, 0.29) is 12.2 Å². The van der Waals surface area contributed by atoms with Gasteiger partial charge in [-0.05, 0) is 49.1 Å². The van der Waals surface area contributed by atoms with Crippen molar-refractivity contribution in [1.82, 2.24) is 4.57 Å². The average molecular weight is 471 g/mol. The van der Waals surface area contributed by atoms with Gasteiger partial charge in [-0.3, -0.25) is 9.36 Å². The molecule has 1 aliphatic rings. The van der Waals surface area contributed by atoms with Gasteiger partial charge in [0.05, 0.1) is 42.7 Å². The molecule has 7 nitrogen and oxygen atoms in total. The second-order valence-electron chi connectivity index (χ2n) is 6.93. The SMILES string of the molecule is CCOC(=O)C1=C(C)N=c2s/c(=C/c3cccs3)c(=O)n2C1c1ccc(OC)c(OC)c1. The molecule has 3 heterocycles. The van der Waals surface area contributed by atoms with Gasteiger partial charge in [0, 0.05) is 4.88 Å². The molecule has 166 valence electrons. The number of hydrogen-bond donors (Lipinski definition) is 0. The predicted molar refractivity (Wildman–Crippen MR) is 124 cm³/mol. The summed E-state index contributed by atoms with van der Waals surface area (Å²) in [5, 5.41) is 1.96. The Balaban J connectivity index is 1.98. The molecule has 0 radical (unpaired) electrons. The maximum absolute atomic E-state index is 13.5. The number of ether oxygens (including phenoxy) is 3. The van der Waals surface area contributed by atoms with Crippen molar-refractivity contribution in [2.75, 3.05) is 20.8 Å². The molecule has 0 aliphatic carbocycles. The molecule has 0 bridgehead atoms. The van der Waals surface area contributed by atoms with E-state index in [1.54, 1.807) is 56.1 Å². The van der Waals surface area contributed by atoms with Crippen molar-refractivity contribution >= 4 is 34.7 Å². The quantitative estimate of drug-likeness (QED) is 0.518. The van der Waals surface area contributed by atoms with Gasteiger partial charge in [-0.15, -0.1) is 11.3 Å². The van der Waals surface area contributed by atoms with Gasteiger partial charge >= 0.3 is 5.97 Å². The highest BCUT2D eigenvalue weighted by Crippen LogP contribution is 2.36. The van der Waals surface area contributed by atoms with Gasteiger partial charge in [0.15, 0.2) is 16.3 Å². The van der Waals surface area contributed by atoms with Crippen LogP contribution in [0.3, 0.4) is 0 Å². The van der Waals surface area contributed by atoms with Crippen molar-refractivity contribution < 1.29 is 19.0 Å². The third-order valence-corrected chi connectivity index (χ3v) is 6.86. The van der Waals surface area contributed by atoms with Crippen molar-refractivity contribution in [2.45, 2.75) is 19.9 Å². The zero-order chi connectivity index (χ0) is 22.8. The first kappa shape index (κ1) is 22.0. The van der Waals surface area contributed by atoms with Crippen molar-refractivity contribution in [2.24, 2.45) is 4.99 Å². The van der Waals surface area contributed by atoms with Gasteiger partial charge in [0.1, 0.15) is 0 Å². The molecule has 0 saturated heterocycles. The smallest absolute Gasteiger partial charge is 0.338 e. The maximum Gasteiger partial charge on any atom is 0.338 e. The van der Waals surface area contributed by atoms with Gasteiger partial charge in [-0.2, -0.15) is 0 Å². The molecule has 3 aromatic rings. The predicted octanol–water partition coefficient (Wildman–Crippen LogP) is 2.88. The third-order valence-electron chi connectivity index (χ3n) is 5.06. The van der Waals surface area contributed by atoms with Gasteiger partial charge in [-0.25, -0.2) is 9.79 Å². The first-order valence-electron chi connectivity index (χ1n) is 9.93. The average Bonchev–Trinajstić information content (AvgIpc) is 3.40. The second-order valence-corrected chi connectivity index (χ2v) is 8.92. The summed E-state index contributed by atoms with van der Waals surface area (Å²) in [5.74, 6) is 0.560. The van der Waals surface area contributed by atoms with E-state index >= 15 is 0 Å². The molecular formula is C23H22N2O5S2. The number of benzene rings is 1. The number of allylic oxidation sites excluding steroid dienone is 1. The molecule has 0 amide bonds. The summed E-state index contributed by atoms with van der Waals surface area (Å²) < 4.78 is 18.2. The van der Waals surface area contributed by atoms with Crippen LogP contribution in [0.1, 0.15) is 30.3 Å². The molecule has 0 spiro atoms. The van der Waals surface area contributed by atoms with Crippen molar-refractivity contribution in [1.29, 1.82) is 0 Å². The number of fused-ring (bicyclic) bond motifs is 1. The van der Waals surface area contributed by atoms with Crippen molar-refractivity contribution in [3.05, 3.63) is 77.1 Å².